The molecule has 0 aliphatic carbocycles. The highest BCUT2D eigenvalue weighted by atomic mass is 35.5. The smallest absolute Gasteiger partial charge is 0.376 e. The fraction of sp³-hybridized carbons (Fsp3) is 0.250. The van der Waals surface area contributed by atoms with Gasteiger partial charge in [-0.2, -0.15) is 4.98 Å². The van der Waals surface area contributed by atoms with Crippen LogP contribution in [0.3, 0.4) is 0 Å². The van der Waals surface area contributed by atoms with Crippen LogP contribution in [-0.4, -0.2) is 34.2 Å². The number of carbonyl (C=O) groups is 1. The van der Waals surface area contributed by atoms with Crippen molar-refractivity contribution in [3.8, 4) is 11.3 Å². The van der Waals surface area contributed by atoms with Gasteiger partial charge in [-0.25, -0.2) is 9.78 Å². The molecule has 0 fully saturated rings. The lowest BCUT2D eigenvalue weighted by molar-refractivity contribution is 0.0512. The molecule has 2 heterocycles. The first-order valence-corrected chi connectivity index (χ1v) is 7.86. The topological polar surface area (TPSA) is 90.1 Å². The number of anilines is 1. The second-order valence-corrected chi connectivity index (χ2v) is 5.30. The van der Waals surface area contributed by atoms with E-state index in [0.717, 1.165) is 5.56 Å². The van der Waals surface area contributed by atoms with E-state index >= 15 is 0 Å². The number of benzene rings is 1. The van der Waals surface area contributed by atoms with Crippen LogP contribution in [0.2, 0.25) is 5.02 Å². The Morgan fingerprint density at radius 2 is 2.00 bits per heavy atom. The number of carbonyl (C=O) groups excluding carboxylic acids is 1. The fourth-order valence-electron chi connectivity index (χ4n) is 2.24. The molecule has 2 aromatic heterocycles. The molecule has 3 rings (SSSR count). The maximum Gasteiger partial charge on any atom is 0.376 e. The summed E-state index contributed by atoms with van der Waals surface area (Å²) in [4.78, 5) is 20.3. The van der Waals surface area contributed by atoms with E-state index in [1.807, 2.05) is 19.1 Å². The monoisotopic (exact) mass is 346 g/mol. The number of halogens is 1. The van der Waals surface area contributed by atoms with Gasteiger partial charge in [0.2, 0.25) is 5.82 Å². The molecule has 0 unspecified atom stereocenters. The first-order chi connectivity index (χ1) is 11.6. The molecule has 1 aromatic carbocycles. The van der Waals surface area contributed by atoms with E-state index in [2.05, 4.69) is 20.4 Å². The number of hydrogen-bond donors (Lipinski definition) is 1. The Hall–Kier alpha value is -2.67. The van der Waals surface area contributed by atoms with Crippen LogP contribution < -0.4 is 5.32 Å². The summed E-state index contributed by atoms with van der Waals surface area (Å²) in [6, 6.07) is 7.18. The van der Waals surface area contributed by atoms with Gasteiger partial charge in [0.05, 0.1) is 6.61 Å². The van der Waals surface area contributed by atoms with E-state index in [4.69, 9.17) is 20.9 Å². The van der Waals surface area contributed by atoms with Crippen molar-refractivity contribution in [1.29, 1.82) is 0 Å². The standard InChI is InChI=1S/C16H15ClN4O3/c1-3-18-13-11-12(9-5-7-10(17)8-6-9)21-24-15(11)20-14(19-13)16(22)23-4-2/h5-8H,3-4H2,1-2H3,(H,18,19,20). The predicted molar refractivity (Wildman–Crippen MR) is 90.2 cm³/mol. The lowest BCUT2D eigenvalue weighted by atomic mass is 10.1. The Kier molecular flexibility index (Phi) is 4.61. The number of nitrogens with zero attached hydrogens (tertiary/aromatic N) is 3. The second kappa shape index (κ2) is 6.84. The molecule has 24 heavy (non-hydrogen) atoms. The van der Waals surface area contributed by atoms with Crippen LogP contribution in [0, 0.1) is 0 Å². The molecule has 0 saturated carbocycles. The van der Waals surface area contributed by atoms with E-state index in [0.29, 0.717) is 28.5 Å². The zero-order valence-electron chi connectivity index (χ0n) is 13.2. The highest BCUT2D eigenvalue weighted by Gasteiger charge is 2.21. The Morgan fingerprint density at radius 1 is 1.25 bits per heavy atom. The maximum absolute atomic E-state index is 11.9. The van der Waals surface area contributed by atoms with Gasteiger partial charge in [-0.15, -0.1) is 0 Å². The van der Waals surface area contributed by atoms with Crippen molar-refractivity contribution >= 4 is 34.5 Å². The van der Waals surface area contributed by atoms with Crippen molar-refractivity contribution in [3.05, 3.63) is 35.1 Å². The van der Waals surface area contributed by atoms with Crippen molar-refractivity contribution in [2.75, 3.05) is 18.5 Å². The molecule has 124 valence electrons. The Morgan fingerprint density at radius 3 is 2.67 bits per heavy atom. The summed E-state index contributed by atoms with van der Waals surface area (Å²) in [5.41, 5.74) is 1.60. The highest BCUT2D eigenvalue weighted by molar-refractivity contribution is 6.30. The van der Waals surface area contributed by atoms with E-state index in [1.54, 1.807) is 19.1 Å². The molecule has 7 nitrogen and oxygen atoms in total. The minimum atomic E-state index is -0.608. The van der Waals surface area contributed by atoms with Gasteiger partial charge >= 0.3 is 5.97 Å². The number of aromatic nitrogens is 3. The van der Waals surface area contributed by atoms with Gasteiger partial charge in [0.15, 0.2) is 0 Å². The fourth-order valence-corrected chi connectivity index (χ4v) is 2.37. The van der Waals surface area contributed by atoms with Crippen molar-refractivity contribution in [3.63, 3.8) is 0 Å². The molecule has 0 saturated heterocycles. The van der Waals surface area contributed by atoms with Crippen LogP contribution in [0.5, 0.6) is 0 Å². The number of ether oxygens (including phenoxy) is 1. The largest absolute Gasteiger partial charge is 0.460 e. The van der Waals surface area contributed by atoms with Gasteiger partial charge in [-0.1, -0.05) is 28.9 Å². The van der Waals surface area contributed by atoms with Gasteiger partial charge in [0, 0.05) is 17.1 Å². The molecule has 0 spiro atoms. The van der Waals surface area contributed by atoms with E-state index < -0.39 is 5.97 Å². The van der Waals surface area contributed by atoms with Gasteiger partial charge in [0.1, 0.15) is 16.9 Å². The van der Waals surface area contributed by atoms with Crippen LogP contribution in [0.4, 0.5) is 5.82 Å². The molecular weight excluding hydrogens is 332 g/mol. The number of rotatable bonds is 5. The SMILES string of the molecule is CCNc1nc(C(=O)OCC)nc2onc(-c3ccc(Cl)cc3)c12. The molecule has 0 bridgehead atoms. The number of nitrogens with one attached hydrogen (secondary N) is 1. The van der Waals surface area contributed by atoms with Gasteiger partial charge in [-0.3, -0.25) is 0 Å². The quantitative estimate of drug-likeness (QED) is 0.706. The minimum absolute atomic E-state index is 0.0703. The van der Waals surface area contributed by atoms with Gasteiger partial charge in [-0.05, 0) is 26.0 Å². The summed E-state index contributed by atoms with van der Waals surface area (Å²) >= 11 is 5.93. The number of fused-ring (bicyclic) bond motifs is 1. The average molecular weight is 347 g/mol. The minimum Gasteiger partial charge on any atom is -0.460 e. The van der Waals surface area contributed by atoms with E-state index in [9.17, 15) is 4.79 Å². The first kappa shape index (κ1) is 16.2. The second-order valence-electron chi connectivity index (χ2n) is 4.86. The molecule has 0 radical (unpaired) electrons. The lowest BCUT2D eigenvalue weighted by Gasteiger charge is -2.07. The lowest BCUT2D eigenvalue weighted by Crippen LogP contribution is -2.12. The third-order valence-electron chi connectivity index (χ3n) is 3.26. The van der Waals surface area contributed by atoms with Crippen molar-refractivity contribution in [2.45, 2.75) is 13.8 Å². The summed E-state index contributed by atoms with van der Waals surface area (Å²) in [7, 11) is 0. The summed E-state index contributed by atoms with van der Waals surface area (Å²) < 4.78 is 10.3. The number of esters is 1. The highest BCUT2D eigenvalue weighted by Crippen LogP contribution is 2.32. The van der Waals surface area contributed by atoms with Gasteiger partial charge in [0.25, 0.3) is 5.71 Å². The summed E-state index contributed by atoms with van der Waals surface area (Å²) in [6.07, 6.45) is 0. The molecule has 0 amide bonds. The molecule has 0 aliphatic heterocycles. The third kappa shape index (κ3) is 3.03. The molecule has 8 heteroatoms. The van der Waals surface area contributed by atoms with Crippen LogP contribution >= 0.6 is 11.6 Å². The Balaban J connectivity index is 2.16. The summed E-state index contributed by atoms with van der Waals surface area (Å²) in [5, 5.41) is 8.41. The first-order valence-electron chi connectivity index (χ1n) is 7.48. The zero-order chi connectivity index (χ0) is 17.1. The molecule has 0 aliphatic rings. The molecule has 3 aromatic rings. The number of hydrogen-bond acceptors (Lipinski definition) is 7. The van der Waals surface area contributed by atoms with Crippen LogP contribution in [0.1, 0.15) is 24.5 Å². The average Bonchev–Trinajstić information content (AvgIpc) is 3.00. The molecular formula is C16H15ClN4O3. The molecule has 0 atom stereocenters. The van der Waals surface area contributed by atoms with E-state index in [1.165, 1.54) is 0 Å². The Labute approximate surface area is 143 Å². The summed E-state index contributed by atoms with van der Waals surface area (Å²) in [5.74, 6) is -0.209. The van der Waals surface area contributed by atoms with E-state index in [-0.39, 0.29) is 18.1 Å². The third-order valence-corrected chi connectivity index (χ3v) is 3.51. The zero-order valence-corrected chi connectivity index (χ0v) is 13.9. The Bertz CT molecular complexity index is 877. The van der Waals surface area contributed by atoms with Crippen LogP contribution in [0.15, 0.2) is 28.8 Å². The maximum atomic E-state index is 11.9. The summed E-state index contributed by atoms with van der Waals surface area (Å²) in [6.45, 7) is 4.49. The van der Waals surface area contributed by atoms with Crippen molar-refractivity contribution in [2.24, 2.45) is 0 Å². The normalized spacial score (nSPS) is 10.8. The van der Waals surface area contributed by atoms with Crippen molar-refractivity contribution in [1.82, 2.24) is 15.1 Å². The molecule has 1 N–H and O–H groups in total. The van der Waals surface area contributed by atoms with Crippen molar-refractivity contribution < 1.29 is 14.1 Å². The van der Waals surface area contributed by atoms with Crippen LogP contribution in [0.25, 0.3) is 22.4 Å². The predicted octanol–water partition coefficient (Wildman–Crippen LogP) is 3.55. The van der Waals surface area contributed by atoms with Crippen LogP contribution in [-0.2, 0) is 4.74 Å². The van der Waals surface area contributed by atoms with Gasteiger partial charge < -0.3 is 14.6 Å².